The Balaban J connectivity index is 1.49. The summed E-state index contributed by atoms with van der Waals surface area (Å²) >= 11 is 6.28. The molecule has 0 unspecified atom stereocenters. The topological polar surface area (TPSA) is 57.2 Å². The van der Waals surface area contributed by atoms with Crippen LogP contribution in [0.25, 0.3) is 21.8 Å². The summed E-state index contributed by atoms with van der Waals surface area (Å²) in [4.78, 5) is 12.1. The first-order valence-electron chi connectivity index (χ1n) is 10.3. The molecule has 1 heterocycles. The zero-order valence-corrected chi connectivity index (χ0v) is 18.0. The van der Waals surface area contributed by atoms with Gasteiger partial charge in [-0.25, -0.2) is 0 Å². The van der Waals surface area contributed by atoms with Crippen molar-refractivity contribution in [2.45, 2.75) is 13.2 Å². The fourth-order valence-corrected chi connectivity index (χ4v) is 4.18. The molecule has 32 heavy (non-hydrogen) atoms. The molecule has 5 aromatic rings. The summed E-state index contributed by atoms with van der Waals surface area (Å²) in [6.07, 6.45) is 0. The largest absolute Gasteiger partial charge is 0.489 e. The number of amides is 1. The molecule has 0 bridgehead atoms. The Morgan fingerprint density at radius 2 is 1.72 bits per heavy atom. The molecule has 0 saturated carbocycles. The van der Waals surface area contributed by atoms with E-state index in [0.29, 0.717) is 23.7 Å². The zero-order valence-electron chi connectivity index (χ0n) is 17.2. The van der Waals surface area contributed by atoms with Crippen molar-refractivity contribution in [1.82, 2.24) is 4.57 Å². The number of aromatic nitrogens is 1. The van der Waals surface area contributed by atoms with Gasteiger partial charge in [-0.05, 0) is 53.6 Å². The zero-order chi connectivity index (χ0) is 22.1. The Morgan fingerprint density at radius 3 is 2.47 bits per heavy atom. The molecule has 0 aliphatic rings. The Bertz CT molecular complexity index is 1420. The first kappa shape index (κ1) is 20.2. The molecule has 5 rings (SSSR count). The van der Waals surface area contributed by atoms with Crippen molar-refractivity contribution in [1.29, 1.82) is 0 Å². The lowest BCUT2D eigenvalue weighted by Gasteiger charge is -2.10. The Kier molecular flexibility index (Phi) is 5.29. The molecule has 0 atom stereocenters. The lowest BCUT2D eigenvalue weighted by atomic mass is 10.1. The van der Waals surface area contributed by atoms with E-state index >= 15 is 0 Å². The van der Waals surface area contributed by atoms with Crippen LogP contribution in [0.5, 0.6) is 5.75 Å². The number of benzene rings is 4. The molecule has 0 saturated heterocycles. The van der Waals surface area contributed by atoms with Crippen molar-refractivity contribution in [3.05, 3.63) is 113 Å². The first-order chi connectivity index (χ1) is 15.6. The second kappa shape index (κ2) is 8.40. The average Bonchev–Trinajstić information content (AvgIpc) is 3.12. The van der Waals surface area contributed by atoms with Gasteiger partial charge >= 0.3 is 0 Å². The van der Waals surface area contributed by atoms with Crippen molar-refractivity contribution in [3.63, 3.8) is 0 Å². The third-order valence-corrected chi connectivity index (χ3v) is 5.76. The van der Waals surface area contributed by atoms with Gasteiger partial charge in [0.25, 0.3) is 0 Å². The van der Waals surface area contributed by atoms with E-state index in [9.17, 15) is 4.79 Å². The summed E-state index contributed by atoms with van der Waals surface area (Å²) in [5.74, 6) is 0.352. The third-order valence-electron chi connectivity index (χ3n) is 5.54. The van der Waals surface area contributed by atoms with E-state index in [1.54, 1.807) is 12.1 Å². The molecular formula is C27H20ClN2O2. The molecule has 2 N–H and O–H groups in total. The second-order valence-electron chi connectivity index (χ2n) is 7.65. The van der Waals surface area contributed by atoms with Crippen LogP contribution in [0.1, 0.15) is 21.5 Å². The Labute approximate surface area is 190 Å². The van der Waals surface area contributed by atoms with Crippen molar-refractivity contribution in [3.8, 4) is 5.75 Å². The quantitative estimate of drug-likeness (QED) is 0.354. The summed E-state index contributed by atoms with van der Waals surface area (Å²) in [5, 5.41) is 2.22. The standard InChI is InChI=1S/C27H20ClN2O2/c28-20-11-14-22-25(15-20)30(24-8-4-7-23(26(22)24)27(29)31)16-18-9-12-21(13-10-18)32-17-19-5-2-1-3-6-19/h1-13,15H,16-17H2,(H2,29,31). The van der Waals surface area contributed by atoms with E-state index in [0.717, 1.165) is 38.7 Å². The number of nitrogens with zero attached hydrogens (tertiary/aromatic N) is 1. The number of fused-ring (bicyclic) bond motifs is 3. The fourth-order valence-electron chi connectivity index (χ4n) is 4.02. The van der Waals surface area contributed by atoms with Gasteiger partial charge in [0.1, 0.15) is 12.4 Å². The van der Waals surface area contributed by atoms with Crippen LogP contribution in [0.3, 0.4) is 0 Å². The molecular weight excluding hydrogens is 420 g/mol. The number of ether oxygens (including phenoxy) is 1. The van der Waals surface area contributed by atoms with Crippen LogP contribution in [0, 0.1) is 6.07 Å². The van der Waals surface area contributed by atoms with Crippen molar-refractivity contribution >= 4 is 39.3 Å². The lowest BCUT2D eigenvalue weighted by molar-refractivity contribution is 0.100. The average molecular weight is 440 g/mol. The van der Waals surface area contributed by atoms with Crippen molar-refractivity contribution in [2.24, 2.45) is 5.73 Å². The predicted molar refractivity (Wildman–Crippen MR) is 128 cm³/mol. The minimum absolute atomic E-state index is 0.460. The smallest absolute Gasteiger partial charge is 0.249 e. The van der Waals surface area contributed by atoms with Crippen LogP contribution in [0.15, 0.2) is 84.9 Å². The summed E-state index contributed by atoms with van der Waals surface area (Å²) < 4.78 is 8.04. The lowest BCUT2D eigenvalue weighted by Crippen LogP contribution is -2.11. The van der Waals surface area contributed by atoms with Gasteiger partial charge in [0.2, 0.25) is 5.91 Å². The van der Waals surface area contributed by atoms with Crippen LogP contribution in [0.2, 0.25) is 5.02 Å². The number of halogens is 1. The molecule has 157 valence electrons. The van der Waals surface area contributed by atoms with Gasteiger partial charge in [-0.1, -0.05) is 60.1 Å². The van der Waals surface area contributed by atoms with Gasteiger partial charge in [0.05, 0.1) is 11.0 Å². The minimum atomic E-state index is -0.460. The van der Waals surface area contributed by atoms with Crippen LogP contribution in [-0.4, -0.2) is 10.5 Å². The highest BCUT2D eigenvalue weighted by Gasteiger charge is 2.17. The summed E-state index contributed by atoms with van der Waals surface area (Å²) in [7, 11) is 0. The molecule has 4 aromatic carbocycles. The van der Waals surface area contributed by atoms with E-state index in [1.807, 2.05) is 72.8 Å². The normalized spacial score (nSPS) is 11.2. The minimum Gasteiger partial charge on any atom is -0.489 e. The third kappa shape index (κ3) is 3.81. The van der Waals surface area contributed by atoms with Gasteiger partial charge in [-0.2, -0.15) is 0 Å². The molecule has 1 aromatic heterocycles. The van der Waals surface area contributed by atoms with E-state index in [1.165, 1.54) is 0 Å². The van der Waals surface area contributed by atoms with Crippen LogP contribution < -0.4 is 10.5 Å². The summed E-state index contributed by atoms with van der Waals surface area (Å²) in [5.41, 5.74) is 10.2. The van der Waals surface area contributed by atoms with Gasteiger partial charge in [0.15, 0.2) is 0 Å². The van der Waals surface area contributed by atoms with Gasteiger partial charge in [-0.3, -0.25) is 4.79 Å². The number of hydrogen-bond acceptors (Lipinski definition) is 2. The van der Waals surface area contributed by atoms with Gasteiger partial charge in [-0.15, -0.1) is 0 Å². The van der Waals surface area contributed by atoms with Crippen LogP contribution in [-0.2, 0) is 13.2 Å². The highest BCUT2D eigenvalue weighted by molar-refractivity contribution is 6.31. The monoisotopic (exact) mass is 439 g/mol. The molecule has 1 amide bonds. The fraction of sp³-hybridized carbons (Fsp3) is 0.0741. The van der Waals surface area contributed by atoms with E-state index in [2.05, 4.69) is 10.6 Å². The van der Waals surface area contributed by atoms with Crippen LogP contribution >= 0.6 is 11.6 Å². The van der Waals surface area contributed by atoms with Crippen LogP contribution in [0.4, 0.5) is 0 Å². The van der Waals surface area contributed by atoms with Crippen molar-refractivity contribution in [2.75, 3.05) is 0 Å². The number of hydrogen-bond donors (Lipinski definition) is 1. The van der Waals surface area contributed by atoms with Gasteiger partial charge in [0, 0.05) is 27.9 Å². The SMILES string of the molecule is NC(=O)c1cccc2c1c1[c]cc(Cl)cc1n2Cc1ccc(OCc2ccccc2)cc1. The van der Waals surface area contributed by atoms with Gasteiger partial charge < -0.3 is 15.0 Å². The summed E-state index contributed by atoms with van der Waals surface area (Å²) in [6, 6.07) is 30.5. The molecule has 1 radical (unpaired) electrons. The highest BCUT2D eigenvalue weighted by atomic mass is 35.5. The maximum absolute atomic E-state index is 12.1. The Hall–Kier alpha value is -3.76. The number of carbonyl (C=O) groups is 1. The predicted octanol–water partition coefficient (Wildman–Crippen LogP) is 5.97. The molecule has 5 heteroatoms. The molecule has 0 aliphatic heterocycles. The maximum Gasteiger partial charge on any atom is 0.249 e. The first-order valence-corrected chi connectivity index (χ1v) is 10.7. The number of rotatable bonds is 6. The number of carbonyl (C=O) groups excluding carboxylic acids is 1. The maximum atomic E-state index is 12.1. The molecule has 0 spiro atoms. The number of primary amides is 1. The molecule has 0 fully saturated rings. The van der Waals surface area contributed by atoms with E-state index in [4.69, 9.17) is 22.1 Å². The number of nitrogens with two attached hydrogens (primary N) is 1. The molecule has 0 aliphatic carbocycles. The second-order valence-corrected chi connectivity index (χ2v) is 8.08. The van der Waals surface area contributed by atoms with Crippen molar-refractivity contribution < 1.29 is 9.53 Å². The van der Waals surface area contributed by atoms with E-state index in [-0.39, 0.29) is 0 Å². The summed E-state index contributed by atoms with van der Waals surface area (Å²) in [6.45, 7) is 1.13. The Morgan fingerprint density at radius 1 is 0.938 bits per heavy atom. The molecule has 4 nitrogen and oxygen atoms in total. The highest BCUT2D eigenvalue weighted by Crippen LogP contribution is 2.33. The van der Waals surface area contributed by atoms with E-state index < -0.39 is 5.91 Å².